The molecule has 6 nitrogen and oxygen atoms in total. The van der Waals surface area contributed by atoms with E-state index in [0.29, 0.717) is 18.5 Å². The summed E-state index contributed by atoms with van der Waals surface area (Å²) in [5, 5.41) is 30.2. The van der Waals surface area contributed by atoms with Crippen LogP contribution in [0.5, 0.6) is 5.75 Å². The standard InChI is InChI=1S/C12H13NO5/c14-9-2-1-6(5-8(9)11(15)16)7-3-4-13-10(7)12(17)18/h1-2,5,7,10,13-14H,3-4H2,(H,15,16)(H,17,18). The van der Waals surface area contributed by atoms with E-state index in [2.05, 4.69) is 5.32 Å². The molecule has 0 amide bonds. The number of carboxylic acids is 2. The average molecular weight is 251 g/mol. The molecular weight excluding hydrogens is 238 g/mol. The van der Waals surface area contributed by atoms with Gasteiger partial charge in [0.25, 0.3) is 0 Å². The Balaban J connectivity index is 2.36. The lowest BCUT2D eigenvalue weighted by Gasteiger charge is -2.16. The van der Waals surface area contributed by atoms with Crippen molar-refractivity contribution < 1.29 is 24.9 Å². The molecule has 1 heterocycles. The van der Waals surface area contributed by atoms with E-state index in [-0.39, 0.29) is 17.2 Å². The second kappa shape index (κ2) is 4.66. The SMILES string of the molecule is O=C(O)c1cc(C2CCNC2C(=O)O)ccc1O. The fraction of sp³-hybridized carbons (Fsp3) is 0.333. The van der Waals surface area contributed by atoms with Gasteiger partial charge in [-0.1, -0.05) is 6.07 Å². The number of aliphatic carboxylic acids is 1. The number of phenols is 1. The van der Waals surface area contributed by atoms with Crippen molar-refractivity contribution in [2.75, 3.05) is 6.54 Å². The molecule has 0 aliphatic carbocycles. The van der Waals surface area contributed by atoms with E-state index in [1.807, 2.05) is 0 Å². The van der Waals surface area contributed by atoms with Crippen LogP contribution in [-0.2, 0) is 4.79 Å². The predicted octanol–water partition coefficient (Wildman–Crippen LogP) is 0.620. The number of nitrogens with one attached hydrogen (secondary N) is 1. The van der Waals surface area contributed by atoms with Gasteiger partial charge in [-0.3, -0.25) is 4.79 Å². The second-order valence-corrected chi connectivity index (χ2v) is 4.25. The van der Waals surface area contributed by atoms with Crippen LogP contribution in [0, 0.1) is 0 Å². The number of hydrogen-bond donors (Lipinski definition) is 4. The molecule has 6 heteroatoms. The highest BCUT2D eigenvalue weighted by Crippen LogP contribution is 2.31. The first-order valence-electron chi connectivity index (χ1n) is 5.53. The minimum atomic E-state index is -1.23. The number of carbonyl (C=O) groups is 2. The summed E-state index contributed by atoms with van der Waals surface area (Å²) in [5.74, 6) is -2.78. The molecule has 1 fully saturated rings. The Labute approximate surface area is 103 Å². The molecule has 1 aliphatic rings. The number of aromatic carboxylic acids is 1. The summed E-state index contributed by atoms with van der Waals surface area (Å²) in [5.41, 5.74) is 0.408. The first kappa shape index (κ1) is 12.4. The highest BCUT2D eigenvalue weighted by molar-refractivity contribution is 5.91. The van der Waals surface area contributed by atoms with Crippen molar-refractivity contribution in [1.82, 2.24) is 5.32 Å². The van der Waals surface area contributed by atoms with Crippen LogP contribution in [0.25, 0.3) is 0 Å². The van der Waals surface area contributed by atoms with Gasteiger partial charge < -0.3 is 20.6 Å². The van der Waals surface area contributed by atoms with Crippen molar-refractivity contribution in [3.8, 4) is 5.75 Å². The molecule has 1 saturated heterocycles. The molecule has 1 aromatic rings. The Bertz CT molecular complexity index is 499. The van der Waals surface area contributed by atoms with Gasteiger partial charge in [-0.2, -0.15) is 0 Å². The highest BCUT2D eigenvalue weighted by atomic mass is 16.4. The third kappa shape index (κ3) is 2.14. The highest BCUT2D eigenvalue weighted by Gasteiger charge is 2.34. The first-order valence-corrected chi connectivity index (χ1v) is 5.53. The van der Waals surface area contributed by atoms with Crippen LogP contribution >= 0.6 is 0 Å². The Hall–Kier alpha value is -2.08. The van der Waals surface area contributed by atoms with Gasteiger partial charge in [0.2, 0.25) is 0 Å². The maximum atomic E-state index is 11.0. The molecular formula is C12H13NO5. The zero-order valence-electron chi connectivity index (χ0n) is 9.46. The molecule has 1 aliphatic heterocycles. The Morgan fingerprint density at radius 1 is 1.28 bits per heavy atom. The van der Waals surface area contributed by atoms with Crippen LogP contribution in [0.2, 0.25) is 0 Å². The predicted molar refractivity (Wildman–Crippen MR) is 61.9 cm³/mol. The van der Waals surface area contributed by atoms with Gasteiger partial charge in [-0.15, -0.1) is 0 Å². The van der Waals surface area contributed by atoms with Crippen molar-refractivity contribution in [1.29, 1.82) is 0 Å². The quantitative estimate of drug-likeness (QED) is 0.627. The van der Waals surface area contributed by atoms with Gasteiger partial charge in [0.05, 0.1) is 0 Å². The zero-order valence-corrected chi connectivity index (χ0v) is 9.46. The van der Waals surface area contributed by atoms with E-state index in [0.717, 1.165) is 0 Å². The van der Waals surface area contributed by atoms with Crippen molar-refractivity contribution in [3.05, 3.63) is 29.3 Å². The van der Waals surface area contributed by atoms with Crippen molar-refractivity contribution in [2.24, 2.45) is 0 Å². The molecule has 18 heavy (non-hydrogen) atoms. The molecule has 96 valence electrons. The fourth-order valence-corrected chi connectivity index (χ4v) is 2.28. The maximum absolute atomic E-state index is 11.0. The second-order valence-electron chi connectivity index (χ2n) is 4.25. The lowest BCUT2D eigenvalue weighted by Crippen LogP contribution is -2.34. The summed E-state index contributed by atoms with van der Waals surface area (Å²) in [7, 11) is 0. The van der Waals surface area contributed by atoms with Gasteiger partial charge >= 0.3 is 11.9 Å². The number of carboxylic acid groups (broad SMARTS) is 2. The lowest BCUT2D eigenvalue weighted by molar-refractivity contribution is -0.139. The van der Waals surface area contributed by atoms with Crippen LogP contribution < -0.4 is 5.32 Å². The summed E-state index contributed by atoms with van der Waals surface area (Å²) in [6.45, 7) is 0.574. The number of aromatic hydroxyl groups is 1. The van der Waals surface area contributed by atoms with Crippen LogP contribution in [0.4, 0.5) is 0 Å². The van der Waals surface area contributed by atoms with E-state index in [1.54, 1.807) is 6.07 Å². The van der Waals surface area contributed by atoms with E-state index >= 15 is 0 Å². The molecule has 1 aromatic carbocycles. The molecule has 0 aromatic heterocycles. The molecule has 0 spiro atoms. The van der Waals surface area contributed by atoms with Crippen LogP contribution in [0.3, 0.4) is 0 Å². The van der Waals surface area contributed by atoms with Gasteiger partial charge in [0.15, 0.2) is 0 Å². The number of rotatable bonds is 3. The van der Waals surface area contributed by atoms with Crippen molar-refractivity contribution in [2.45, 2.75) is 18.4 Å². The summed E-state index contributed by atoms with van der Waals surface area (Å²) in [6, 6.07) is 3.48. The van der Waals surface area contributed by atoms with Gasteiger partial charge in [0, 0.05) is 5.92 Å². The minimum Gasteiger partial charge on any atom is -0.507 e. The maximum Gasteiger partial charge on any atom is 0.339 e. The molecule has 0 radical (unpaired) electrons. The summed E-state index contributed by atoms with van der Waals surface area (Å²) >= 11 is 0. The summed E-state index contributed by atoms with van der Waals surface area (Å²) in [4.78, 5) is 22.0. The van der Waals surface area contributed by atoms with E-state index in [4.69, 9.17) is 10.2 Å². The van der Waals surface area contributed by atoms with Crippen LogP contribution in [0.1, 0.15) is 28.3 Å². The molecule has 0 bridgehead atoms. The third-order valence-electron chi connectivity index (χ3n) is 3.17. The summed E-state index contributed by atoms with van der Waals surface area (Å²) < 4.78 is 0. The average Bonchev–Trinajstić information content (AvgIpc) is 2.78. The Kier molecular flexibility index (Phi) is 3.20. The molecule has 2 rings (SSSR count). The minimum absolute atomic E-state index is 0.205. The molecule has 4 N–H and O–H groups in total. The Morgan fingerprint density at radius 2 is 2.00 bits per heavy atom. The monoisotopic (exact) mass is 251 g/mol. The van der Waals surface area contributed by atoms with Crippen molar-refractivity contribution >= 4 is 11.9 Å². The molecule has 0 saturated carbocycles. The first-order chi connectivity index (χ1) is 8.50. The van der Waals surface area contributed by atoms with Gasteiger partial charge in [-0.25, -0.2) is 4.79 Å². The third-order valence-corrected chi connectivity index (χ3v) is 3.17. The number of benzene rings is 1. The Morgan fingerprint density at radius 3 is 2.61 bits per heavy atom. The van der Waals surface area contributed by atoms with E-state index in [1.165, 1.54) is 12.1 Å². The largest absolute Gasteiger partial charge is 0.507 e. The topological polar surface area (TPSA) is 107 Å². The van der Waals surface area contributed by atoms with Gasteiger partial charge in [0.1, 0.15) is 17.4 Å². The summed E-state index contributed by atoms with van der Waals surface area (Å²) in [6.07, 6.45) is 0.626. The lowest BCUT2D eigenvalue weighted by atomic mass is 9.90. The van der Waals surface area contributed by atoms with Crippen molar-refractivity contribution in [3.63, 3.8) is 0 Å². The molecule has 2 atom stereocenters. The number of hydrogen-bond acceptors (Lipinski definition) is 4. The van der Waals surface area contributed by atoms with Crippen LogP contribution in [0.15, 0.2) is 18.2 Å². The smallest absolute Gasteiger partial charge is 0.339 e. The van der Waals surface area contributed by atoms with E-state index in [9.17, 15) is 14.7 Å². The van der Waals surface area contributed by atoms with E-state index < -0.39 is 18.0 Å². The van der Waals surface area contributed by atoms with Crippen LogP contribution in [-0.4, -0.2) is 39.8 Å². The fourth-order valence-electron chi connectivity index (χ4n) is 2.28. The normalized spacial score (nSPS) is 22.9. The molecule has 2 unspecified atom stereocenters. The zero-order chi connectivity index (χ0) is 13.3. The van der Waals surface area contributed by atoms with Gasteiger partial charge in [-0.05, 0) is 30.7 Å².